The van der Waals surface area contributed by atoms with E-state index >= 15 is 0 Å². The van der Waals surface area contributed by atoms with Crippen LogP contribution in [0.5, 0.6) is 34.5 Å². The molecule has 5 heterocycles. The third kappa shape index (κ3) is 41.3. The SMILES string of the molecule is C=C(C)C(=O)O.C=C(C)C(=O)OCC1CO1.C=Cc1ccc(C(=O)O)cc1.C=Cc1ccc(COCC2CO2)cc1.CCCCC1CCC(C2CCC(C(=O)Oc3ccc(/C=C/C(=O)Oc4ccc(N5C(=O)C=CC5=O)cc4)cc3)CC2)CC1.Nc1ccc(CCOC(=O)c2ccc(OC(=O)/C=C/c3ccc(OC(=O)c4ccc(OCCCC(F)(F)F)cc4)cc3)cc2)c(N)c1.O=C1C=CC(=O)N1c1ccc(OCC2CO2)cc1. The normalized spacial score (nSPS) is 17.3. The van der Waals surface area contributed by atoms with Gasteiger partial charge < -0.3 is 78.5 Å². The molecule has 0 aromatic heterocycles. The first-order chi connectivity index (χ1) is 71.5. The molecule has 3 saturated heterocycles. The Morgan fingerprint density at radius 3 is 1.34 bits per heavy atom. The van der Waals surface area contributed by atoms with Gasteiger partial charge in [-0.2, -0.15) is 13.2 Å². The predicted molar refractivity (Wildman–Crippen MR) is 555 cm³/mol. The van der Waals surface area contributed by atoms with E-state index in [1.54, 1.807) is 146 Å². The van der Waals surface area contributed by atoms with Crippen molar-refractivity contribution in [2.45, 2.75) is 142 Å². The van der Waals surface area contributed by atoms with Gasteiger partial charge in [0.15, 0.2) is 0 Å². The van der Waals surface area contributed by atoms with Crippen molar-refractivity contribution < 1.29 is 138 Å². The summed E-state index contributed by atoms with van der Waals surface area (Å²) in [6, 6.07) is 58.0. The Kier molecular flexibility index (Phi) is 45.3. The summed E-state index contributed by atoms with van der Waals surface area (Å²) in [6.45, 7) is 23.8. The van der Waals surface area contributed by atoms with Crippen molar-refractivity contribution >= 4 is 118 Å². The minimum absolute atomic E-state index is 0.0338. The Bertz CT molecular complexity index is 6150. The number of carbonyl (C=O) groups is 12. The molecule has 2 aliphatic carbocycles. The number of hydrogen-bond donors (Lipinski definition) is 4. The minimum atomic E-state index is -4.23. The largest absolute Gasteiger partial charge is 0.494 e. The average molecular weight is 2040 g/mol. The molecule has 9 aromatic carbocycles. The maximum Gasteiger partial charge on any atom is 0.389 e. The van der Waals surface area contributed by atoms with Crippen LogP contribution in [0.15, 0.2) is 286 Å². The molecule has 4 amide bonds. The van der Waals surface area contributed by atoms with Crippen LogP contribution in [0.1, 0.15) is 169 Å². The highest BCUT2D eigenvalue weighted by molar-refractivity contribution is 6.29. The fraction of sp³-hybridized carbons (Fsp3) is 0.293. The number of carboxylic acid groups (broad SMARTS) is 2. The summed E-state index contributed by atoms with van der Waals surface area (Å²) in [5.41, 5.74) is 20.5. The van der Waals surface area contributed by atoms with Crippen LogP contribution in [-0.4, -0.2) is 159 Å². The molecule has 33 heteroatoms. The average Bonchev–Trinajstić information content (AvgIpc) is 1.67. The van der Waals surface area contributed by atoms with Crippen molar-refractivity contribution in [1.82, 2.24) is 0 Å². The fourth-order valence-electron chi connectivity index (χ4n) is 15.0. The molecule has 3 atom stereocenters. The lowest BCUT2D eigenvalue weighted by Crippen LogP contribution is -2.30. The summed E-state index contributed by atoms with van der Waals surface area (Å²) in [7, 11) is 0. The third-order valence-corrected chi connectivity index (χ3v) is 23.7. The van der Waals surface area contributed by atoms with Crippen LogP contribution in [0.2, 0.25) is 0 Å². The first-order valence-electron chi connectivity index (χ1n) is 48.5. The molecular weight excluding hydrogens is 1920 g/mol. The number of epoxide rings is 3. The van der Waals surface area contributed by atoms with Crippen molar-refractivity contribution in [2.24, 2.45) is 23.7 Å². The Balaban J connectivity index is 0.000000199. The van der Waals surface area contributed by atoms with Gasteiger partial charge in [0, 0.05) is 71.8 Å². The van der Waals surface area contributed by atoms with Gasteiger partial charge in [-0.3, -0.25) is 24.0 Å². The Hall–Kier alpha value is -16.2. The lowest BCUT2D eigenvalue weighted by Gasteiger charge is -2.37. The van der Waals surface area contributed by atoms with E-state index in [1.165, 1.54) is 161 Å². The summed E-state index contributed by atoms with van der Waals surface area (Å²) in [4.78, 5) is 142. The van der Waals surface area contributed by atoms with E-state index in [1.807, 2.05) is 18.2 Å². The molecule has 0 spiro atoms. The summed E-state index contributed by atoms with van der Waals surface area (Å²) in [6.07, 6.45) is 23.6. The summed E-state index contributed by atoms with van der Waals surface area (Å²) in [5, 5.41) is 16.4. The van der Waals surface area contributed by atoms with Crippen LogP contribution >= 0.6 is 0 Å². The van der Waals surface area contributed by atoms with Crippen LogP contribution in [0, 0.1) is 23.7 Å². The van der Waals surface area contributed by atoms with Gasteiger partial charge >= 0.3 is 53.9 Å². The second-order valence-corrected chi connectivity index (χ2v) is 35.4. The monoisotopic (exact) mass is 2040 g/mol. The van der Waals surface area contributed by atoms with Gasteiger partial charge in [0.1, 0.15) is 66.0 Å². The van der Waals surface area contributed by atoms with Crippen molar-refractivity contribution in [3.8, 4) is 34.5 Å². The molecular formula is C116H121F3N4O26. The zero-order valence-corrected chi connectivity index (χ0v) is 83.0. The highest BCUT2D eigenvalue weighted by atomic mass is 19.4. The Morgan fingerprint density at radius 2 is 0.879 bits per heavy atom. The number of aromatic carboxylic acids is 1. The molecule has 5 fully saturated rings. The maximum absolute atomic E-state index is 12.9. The first kappa shape index (κ1) is 115. The smallest absolute Gasteiger partial charge is 0.389 e. The third-order valence-electron chi connectivity index (χ3n) is 23.7. The van der Waals surface area contributed by atoms with Crippen molar-refractivity contribution in [2.75, 3.05) is 74.1 Å². The van der Waals surface area contributed by atoms with Gasteiger partial charge in [-0.05, 0) is 268 Å². The molecule has 3 unspecified atom stereocenters. The summed E-state index contributed by atoms with van der Waals surface area (Å²) in [5.74, 6) is -1.36. The number of imide groups is 2. The van der Waals surface area contributed by atoms with E-state index < -0.39 is 60.2 Å². The van der Waals surface area contributed by atoms with Crippen LogP contribution in [0.3, 0.4) is 0 Å². The minimum Gasteiger partial charge on any atom is -0.494 e. The highest BCUT2D eigenvalue weighted by Gasteiger charge is 2.35. The molecule has 9 aromatic rings. The second-order valence-electron chi connectivity index (χ2n) is 35.4. The van der Waals surface area contributed by atoms with E-state index in [0.717, 1.165) is 88.7 Å². The van der Waals surface area contributed by atoms with Crippen LogP contribution in [0.25, 0.3) is 24.3 Å². The van der Waals surface area contributed by atoms with Gasteiger partial charge in [0.2, 0.25) is 0 Å². The van der Waals surface area contributed by atoms with Gasteiger partial charge in [-0.15, -0.1) is 0 Å². The highest BCUT2D eigenvalue weighted by Crippen LogP contribution is 2.43. The number of nitrogens with two attached hydrogens (primary N) is 2. The molecule has 7 aliphatic rings. The molecule has 0 bridgehead atoms. The number of halogens is 3. The number of amides is 4. The number of anilines is 4. The van der Waals surface area contributed by atoms with Crippen LogP contribution in [-0.2, 0) is 84.6 Å². The number of carboxylic acids is 2. The lowest BCUT2D eigenvalue weighted by atomic mass is 9.68. The topological polar surface area (TPSA) is 424 Å². The number of nitrogen functional groups attached to an aromatic ring is 2. The van der Waals surface area contributed by atoms with E-state index in [4.69, 9.17) is 78.5 Å². The number of nitrogens with zero attached hydrogens (tertiary/aromatic N) is 2. The number of esters is 6. The molecule has 149 heavy (non-hydrogen) atoms. The number of hydrogen-bond acceptors (Lipinski definition) is 26. The zero-order valence-electron chi connectivity index (χ0n) is 83.0. The molecule has 2 saturated carbocycles. The summed E-state index contributed by atoms with van der Waals surface area (Å²) >= 11 is 0. The van der Waals surface area contributed by atoms with Crippen molar-refractivity contribution in [3.05, 3.63) is 336 Å². The van der Waals surface area contributed by atoms with Gasteiger partial charge in [-0.1, -0.05) is 144 Å². The van der Waals surface area contributed by atoms with Crippen LogP contribution in [0.4, 0.5) is 35.9 Å². The maximum atomic E-state index is 12.9. The van der Waals surface area contributed by atoms with Crippen molar-refractivity contribution in [1.29, 1.82) is 0 Å². The van der Waals surface area contributed by atoms with Crippen LogP contribution < -0.4 is 49.7 Å². The fourth-order valence-corrected chi connectivity index (χ4v) is 15.0. The molecule has 16 rings (SSSR count). The van der Waals surface area contributed by atoms with Gasteiger partial charge in [0.25, 0.3) is 23.6 Å². The summed E-state index contributed by atoms with van der Waals surface area (Å²) < 4.78 is 99.5. The predicted octanol–water partition coefficient (Wildman–Crippen LogP) is 20.6. The van der Waals surface area contributed by atoms with E-state index in [0.29, 0.717) is 102 Å². The number of unbranched alkanes of at least 4 members (excludes halogenated alkanes) is 1. The number of rotatable bonds is 38. The molecule has 30 nitrogen and oxygen atoms in total. The number of alkyl halides is 3. The standard InChI is InChI=1S/C36H41NO6.C35H31F3N2O7.C13H11NO4.C12H14O2.C9H8O2.C7H10O3.C4H6O2/c1-2-3-4-25-5-10-27(11-6-25)28-12-14-29(15-13-28)36(41)43-32-18-7-26(8-19-32)9-24-35(40)42-31-20-16-30(17-21-31)37-33(38)22-23-34(37)39;36-35(37,38)19-1-20-44-28-13-6-26(7-14-28)34(43)47-30-11-2-23(3-12-30)4-17-32(41)46-29-15-8-25(9-16-29)33(42)45-21-18-24-5-10-27(39)22-31(24)40;15-12-5-6-13(16)14(12)9-1-3-10(4-2-9)17-7-11-8-18-11;1-2-10-3-5-11(6-4-10)7-13-8-12-9-14-12;1-2-7-3-5-8(6-4-7)9(10)11;1-5(2)7(8)10-4-6-3-9-6;1-3(2)4(5)6/h7-9,16-25,27-29H,2-6,10-15H2,1H3;2-17,22H,1,18-21,39-40H2;1-6,11H,7-8H2;2-6,12H,1,7-9H2;2-6H,1H2,(H,10,11);6H,1,3-4H2,2H3;1H2,2H3,(H,5,6)/b24-9+;17-4+;;;;;. The number of carbonyl (C=O) groups excluding carboxylic acids is 10. The van der Waals surface area contributed by atoms with Gasteiger partial charge in [-0.25, -0.2) is 43.4 Å². The quantitative estimate of drug-likeness (QED) is 0.00531. The Morgan fingerprint density at radius 1 is 0.463 bits per heavy atom. The van der Waals surface area contributed by atoms with E-state index in [9.17, 15) is 70.7 Å². The zero-order chi connectivity index (χ0) is 107. The lowest BCUT2D eigenvalue weighted by molar-refractivity contribution is -0.141. The van der Waals surface area contributed by atoms with E-state index in [2.05, 4.69) is 45.4 Å². The first-order valence-corrected chi connectivity index (χ1v) is 48.5. The van der Waals surface area contributed by atoms with Gasteiger partial charge in [0.05, 0.1) is 80.2 Å². The second kappa shape index (κ2) is 58.8. The molecule has 782 valence electrons. The number of ether oxygens (including phenoxy) is 12. The molecule has 5 aliphatic heterocycles. The number of benzene rings is 9. The molecule has 6 N–H and O–H groups in total. The number of aliphatic carboxylic acids is 1. The molecule has 0 radical (unpaired) electrons. The van der Waals surface area contributed by atoms with E-state index in [-0.39, 0.29) is 95.5 Å². The Labute approximate surface area is 862 Å². The van der Waals surface area contributed by atoms with Crippen molar-refractivity contribution in [3.63, 3.8) is 0 Å².